The Morgan fingerprint density at radius 3 is 2.93 bits per heavy atom. The van der Waals surface area contributed by atoms with Gasteiger partial charge in [0, 0.05) is 24.4 Å². The number of H-pyrrole nitrogens is 1. The van der Waals surface area contributed by atoms with E-state index in [0.29, 0.717) is 17.4 Å². The molecule has 140 valence electrons. The van der Waals surface area contributed by atoms with E-state index in [1.807, 2.05) is 12.3 Å². The molecule has 0 bridgehead atoms. The Morgan fingerprint density at radius 1 is 1.21 bits per heavy atom. The Labute approximate surface area is 161 Å². The Hall–Kier alpha value is -3.47. The number of pyridine rings is 1. The third-order valence-corrected chi connectivity index (χ3v) is 5.63. The number of rotatable bonds is 4. The molecule has 1 fully saturated rings. The zero-order valence-corrected chi connectivity index (χ0v) is 15.4. The predicted molar refractivity (Wildman–Crippen MR) is 102 cm³/mol. The molecule has 8 heteroatoms. The van der Waals surface area contributed by atoms with E-state index in [4.69, 9.17) is 10.00 Å². The van der Waals surface area contributed by atoms with Gasteiger partial charge >= 0.3 is 0 Å². The molecule has 1 aliphatic rings. The second-order valence-electron chi connectivity index (χ2n) is 7.20. The molecule has 0 aliphatic heterocycles. The first-order valence-electron chi connectivity index (χ1n) is 9.46. The van der Waals surface area contributed by atoms with Gasteiger partial charge in [-0.3, -0.25) is 4.40 Å². The lowest BCUT2D eigenvalue weighted by molar-refractivity contribution is 0.195. The lowest BCUT2D eigenvalue weighted by Gasteiger charge is -2.15. The molecule has 4 aromatic rings. The molecule has 4 heterocycles. The molecule has 3 unspecified atom stereocenters. The third kappa shape index (κ3) is 2.67. The van der Waals surface area contributed by atoms with Crippen LogP contribution in [0.25, 0.3) is 16.8 Å². The average molecular weight is 373 g/mol. The summed E-state index contributed by atoms with van der Waals surface area (Å²) in [5.74, 6) is 2.23. The molecule has 1 aliphatic carbocycles. The van der Waals surface area contributed by atoms with Crippen molar-refractivity contribution in [3.8, 4) is 11.9 Å². The van der Waals surface area contributed by atoms with E-state index in [1.165, 1.54) is 0 Å². The minimum absolute atomic E-state index is 0.0614. The highest BCUT2D eigenvalue weighted by atomic mass is 16.5. The summed E-state index contributed by atoms with van der Waals surface area (Å²) in [5.41, 5.74) is 3.11. The van der Waals surface area contributed by atoms with E-state index < -0.39 is 0 Å². The van der Waals surface area contributed by atoms with Crippen molar-refractivity contribution < 1.29 is 4.74 Å². The number of hydrogen-bond acceptors (Lipinski definition) is 6. The van der Waals surface area contributed by atoms with Gasteiger partial charge < -0.3 is 9.72 Å². The van der Waals surface area contributed by atoms with Gasteiger partial charge in [0.2, 0.25) is 5.88 Å². The highest BCUT2D eigenvalue weighted by Gasteiger charge is 2.38. The van der Waals surface area contributed by atoms with Gasteiger partial charge in [0.25, 0.3) is 0 Å². The summed E-state index contributed by atoms with van der Waals surface area (Å²) in [5, 5.41) is 17.8. The van der Waals surface area contributed by atoms with Gasteiger partial charge in [-0.05, 0) is 30.9 Å². The second-order valence-corrected chi connectivity index (χ2v) is 7.20. The molecule has 0 spiro atoms. The van der Waals surface area contributed by atoms with Gasteiger partial charge in [0.15, 0.2) is 11.3 Å². The van der Waals surface area contributed by atoms with Crippen molar-refractivity contribution in [3.63, 3.8) is 0 Å². The van der Waals surface area contributed by atoms with Crippen LogP contribution in [0.15, 0.2) is 36.8 Å². The van der Waals surface area contributed by atoms with Crippen molar-refractivity contribution in [2.75, 3.05) is 0 Å². The molecule has 0 radical (unpaired) electrons. The number of aromatic nitrogens is 6. The van der Waals surface area contributed by atoms with Crippen LogP contribution in [0, 0.1) is 17.2 Å². The highest BCUT2D eigenvalue weighted by molar-refractivity contribution is 5.74. The topological polar surface area (TPSA) is 105 Å². The molecule has 4 aromatic heterocycles. The van der Waals surface area contributed by atoms with Crippen LogP contribution >= 0.6 is 0 Å². The first kappa shape index (κ1) is 16.7. The summed E-state index contributed by atoms with van der Waals surface area (Å²) in [4.78, 5) is 11.8. The van der Waals surface area contributed by atoms with Crippen molar-refractivity contribution in [2.24, 2.45) is 5.92 Å². The Kier molecular flexibility index (Phi) is 3.93. The summed E-state index contributed by atoms with van der Waals surface area (Å²) >= 11 is 0. The fraction of sp³-hybridized carbons (Fsp3) is 0.350. The molecule has 5 rings (SSSR count). The maximum atomic E-state index is 8.91. The Morgan fingerprint density at radius 2 is 2.14 bits per heavy atom. The van der Waals surface area contributed by atoms with Gasteiger partial charge in [-0.1, -0.05) is 13.3 Å². The number of aromatic amines is 1. The molecule has 0 aromatic carbocycles. The van der Waals surface area contributed by atoms with Crippen molar-refractivity contribution in [1.82, 2.24) is 29.5 Å². The second kappa shape index (κ2) is 6.60. The van der Waals surface area contributed by atoms with E-state index in [1.54, 1.807) is 24.5 Å². The van der Waals surface area contributed by atoms with Crippen molar-refractivity contribution in [1.29, 1.82) is 5.26 Å². The van der Waals surface area contributed by atoms with E-state index in [9.17, 15) is 0 Å². The monoisotopic (exact) mass is 373 g/mol. The van der Waals surface area contributed by atoms with Crippen molar-refractivity contribution in [2.45, 2.75) is 38.2 Å². The fourth-order valence-electron chi connectivity index (χ4n) is 4.26. The van der Waals surface area contributed by atoms with Crippen LogP contribution in [0.1, 0.15) is 43.5 Å². The van der Waals surface area contributed by atoms with Crippen LogP contribution in [0.4, 0.5) is 0 Å². The standard InChI is InChI=1S/C20H19N7O/c1-2-13-7-14(28-18-4-3-12(9-21)10-23-18)8-15(13)20-26-25-17-11-24-19-16(27(17)20)5-6-22-19/h3-6,10-11,13-15,22H,2,7-8H2,1H3. The minimum atomic E-state index is 0.0614. The average Bonchev–Trinajstić information content (AvgIpc) is 3.45. The van der Waals surface area contributed by atoms with E-state index in [-0.39, 0.29) is 12.0 Å². The van der Waals surface area contributed by atoms with Gasteiger partial charge in [-0.25, -0.2) is 9.97 Å². The van der Waals surface area contributed by atoms with Crippen molar-refractivity contribution in [3.05, 3.63) is 48.2 Å². The van der Waals surface area contributed by atoms with Crippen LogP contribution in [-0.2, 0) is 0 Å². The van der Waals surface area contributed by atoms with Crippen LogP contribution in [0.5, 0.6) is 5.88 Å². The van der Waals surface area contributed by atoms with Crippen molar-refractivity contribution >= 4 is 16.8 Å². The molecule has 1 saturated carbocycles. The molecule has 0 amide bonds. The molecular formula is C20H19N7O. The number of hydrogen-bond donors (Lipinski definition) is 1. The van der Waals surface area contributed by atoms with E-state index in [2.05, 4.69) is 42.5 Å². The molecule has 8 nitrogen and oxygen atoms in total. The predicted octanol–water partition coefficient (Wildman–Crippen LogP) is 3.22. The molecular weight excluding hydrogens is 354 g/mol. The lowest BCUT2D eigenvalue weighted by Crippen LogP contribution is -2.13. The first-order valence-corrected chi connectivity index (χ1v) is 9.46. The number of nitrogens with zero attached hydrogens (tertiary/aromatic N) is 6. The van der Waals surface area contributed by atoms with Gasteiger partial charge in [0.1, 0.15) is 18.0 Å². The largest absolute Gasteiger partial charge is 0.474 e. The maximum absolute atomic E-state index is 8.91. The molecule has 3 atom stereocenters. The smallest absolute Gasteiger partial charge is 0.213 e. The SMILES string of the molecule is CCC1CC(Oc2ccc(C#N)cn2)CC1c1nnc2cnc3[nH]ccc3n12. The first-order chi connectivity index (χ1) is 13.8. The van der Waals surface area contributed by atoms with Gasteiger partial charge in [-0.15, -0.1) is 10.2 Å². The molecule has 1 N–H and O–H groups in total. The van der Waals surface area contributed by atoms with Gasteiger partial charge in [0.05, 0.1) is 17.3 Å². The zero-order chi connectivity index (χ0) is 19.1. The lowest BCUT2D eigenvalue weighted by atomic mass is 9.93. The fourth-order valence-corrected chi connectivity index (χ4v) is 4.26. The molecule has 28 heavy (non-hydrogen) atoms. The summed E-state index contributed by atoms with van der Waals surface area (Å²) in [6.45, 7) is 2.21. The normalized spacial score (nSPS) is 21.9. The number of nitrogens with one attached hydrogen (secondary N) is 1. The van der Waals surface area contributed by atoms with Crippen LogP contribution < -0.4 is 4.74 Å². The highest BCUT2D eigenvalue weighted by Crippen LogP contribution is 2.42. The number of nitriles is 1. The Bertz CT molecular complexity index is 1170. The maximum Gasteiger partial charge on any atom is 0.213 e. The van der Waals surface area contributed by atoms with Crippen LogP contribution in [-0.4, -0.2) is 35.7 Å². The van der Waals surface area contributed by atoms with Crippen LogP contribution in [0.2, 0.25) is 0 Å². The van der Waals surface area contributed by atoms with E-state index >= 15 is 0 Å². The van der Waals surface area contributed by atoms with E-state index in [0.717, 1.165) is 41.9 Å². The Balaban J connectivity index is 1.46. The summed E-state index contributed by atoms with van der Waals surface area (Å²) < 4.78 is 8.23. The van der Waals surface area contributed by atoms with Gasteiger partial charge in [-0.2, -0.15) is 5.26 Å². The summed E-state index contributed by atoms with van der Waals surface area (Å²) in [6.07, 6.45) is 8.08. The number of ether oxygens (including phenoxy) is 1. The third-order valence-electron chi connectivity index (χ3n) is 5.63. The zero-order valence-electron chi connectivity index (χ0n) is 15.4. The minimum Gasteiger partial charge on any atom is -0.474 e. The summed E-state index contributed by atoms with van der Waals surface area (Å²) in [6, 6.07) is 7.57. The van der Waals surface area contributed by atoms with Crippen LogP contribution in [0.3, 0.4) is 0 Å². The molecule has 0 saturated heterocycles. The summed E-state index contributed by atoms with van der Waals surface area (Å²) in [7, 11) is 0. The number of fused-ring (bicyclic) bond motifs is 3. The quantitative estimate of drug-likeness (QED) is 0.589.